The van der Waals surface area contributed by atoms with E-state index in [2.05, 4.69) is 16.5 Å². The van der Waals surface area contributed by atoms with Crippen LogP contribution in [0, 0.1) is 13.8 Å². The van der Waals surface area contributed by atoms with Crippen molar-refractivity contribution in [2.75, 3.05) is 12.4 Å². The van der Waals surface area contributed by atoms with Crippen molar-refractivity contribution >= 4 is 23.3 Å². The van der Waals surface area contributed by atoms with E-state index in [1.165, 1.54) is 18.9 Å². The van der Waals surface area contributed by atoms with Crippen LogP contribution in [0.1, 0.15) is 27.0 Å². The molecule has 2 aromatic carbocycles. The number of para-hydroxylation sites is 1. The van der Waals surface area contributed by atoms with Gasteiger partial charge >= 0.3 is 5.97 Å². The lowest BCUT2D eigenvalue weighted by atomic mass is 10.1. The van der Waals surface area contributed by atoms with Gasteiger partial charge in [0.2, 0.25) is 0 Å². The van der Waals surface area contributed by atoms with Crippen molar-refractivity contribution < 1.29 is 9.53 Å². The summed E-state index contributed by atoms with van der Waals surface area (Å²) in [4.78, 5) is 24.7. The van der Waals surface area contributed by atoms with Crippen molar-refractivity contribution in [1.82, 2.24) is 9.78 Å². The highest BCUT2D eigenvalue weighted by Crippen LogP contribution is 2.20. The minimum Gasteiger partial charge on any atom is -0.465 e. The van der Waals surface area contributed by atoms with Crippen molar-refractivity contribution in [2.24, 2.45) is 0 Å². The van der Waals surface area contributed by atoms with Gasteiger partial charge in [0.15, 0.2) is 0 Å². The molecule has 7 heteroatoms. The first-order chi connectivity index (χ1) is 13.4. The molecular weight excluding hydrogens is 378 g/mol. The van der Waals surface area contributed by atoms with Crippen molar-refractivity contribution in [3.8, 4) is 5.69 Å². The van der Waals surface area contributed by atoms with Gasteiger partial charge in [0.1, 0.15) is 5.02 Å². The number of rotatable bonds is 5. The third-order valence-corrected chi connectivity index (χ3v) is 4.79. The van der Waals surface area contributed by atoms with Crippen LogP contribution in [0.5, 0.6) is 0 Å². The van der Waals surface area contributed by atoms with E-state index >= 15 is 0 Å². The monoisotopic (exact) mass is 397 g/mol. The number of aromatic nitrogens is 2. The molecule has 6 nitrogen and oxygen atoms in total. The lowest BCUT2D eigenvalue weighted by Gasteiger charge is -2.13. The van der Waals surface area contributed by atoms with Crippen molar-refractivity contribution in [2.45, 2.75) is 20.4 Å². The average molecular weight is 398 g/mol. The quantitative estimate of drug-likeness (QED) is 0.661. The van der Waals surface area contributed by atoms with Crippen LogP contribution in [0.4, 0.5) is 5.69 Å². The number of ether oxygens (including phenoxy) is 1. The normalized spacial score (nSPS) is 10.6. The molecule has 144 valence electrons. The Bertz CT molecular complexity index is 1090. The SMILES string of the molecule is COC(=O)c1ccccc1-n1ncc(NCc2ccc(C)cc2C)c(Cl)c1=O. The molecule has 0 fully saturated rings. The molecule has 0 amide bonds. The highest BCUT2D eigenvalue weighted by atomic mass is 35.5. The van der Waals surface area contributed by atoms with Crippen LogP contribution in [0.15, 0.2) is 53.5 Å². The third-order valence-electron chi connectivity index (χ3n) is 4.42. The number of halogens is 1. The summed E-state index contributed by atoms with van der Waals surface area (Å²) < 4.78 is 5.87. The summed E-state index contributed by atoms with van der Waals surface area (Å²) >= 11 is 6.29. The average Bonchev–Trinajstić information content (AvgIpc) is 2.69. The number of hydrogen-bond donors (Lipinski definition) is 1. The van der Waals surface area contributed by atoms with Gasteiger partial charge in [-0.2, -0.15) is 9.78 Å². The van der Waals surface area contributed by atoms with Crippen molar-refractivity contribution in [3.05, 3.63) is 86.3 Å². The predicted molar refractivity (Wildman–Crippen MR) is 109 cm³/mol. The van der Waals surface area contributed by atoms with Crippen LogP contribution in [-0.2, 0) is 11.3 Å². The Morgan fingerprint density at radius 1 is 1.21 bits per heavy atom. The lowest BCUT2D eigenvalue weighted by Crippen LogP contribution is -2.24. The van der Waals surface area contributed by atoms with E-state index in [1.807, 2.05) is 26.0 Å². The Labute approximate surface area is 167 Å². The first kappa shape index (κ1) is 19.6. The molecule has 1 aromatic heterocycles. The van der Waals surface area contributed by atoms with Gasteiger partial charge in [0.05, 0.1) is 30.2 Å². The fourth-order valence-electron chi connectivity index (χ4n) is 2.90. The molecular formula is C21H20ClN3O3. The van der Waals surface area contributed by atoms with Gasteiger partial charge in [-0.05, 0) is 37.1 Å². The Morgan fingerprint density at radius 3 is 2.68 bits per heavy atom. The second-order valence-corrected chi connectivity index (χ2v) is 6.76. The largest absolute Gasteiger partial charge is 0.465 e. The molecule has 3 aromatic rings. The third kappa shape index (κ3) is 3.92. The Kier molecular flexibility index (Phi) is 5.80. The first-order valence-electron chi connectivity index (χ1n) is 8.68. The Hall–Kier alpha value is -3.12. The van der Waals surface area contributed by atoms with Gasteiger partial charge in [-0.1, -0.05) is 47.5 Å². The molecule has 0 aliphatic carbocycles. The van der Waals surface area contributed by atoms with Gasteiger partial charge in [0, 0.05) is 6.54 Å². The van der Waals surface area contributed by atoms with Gasteiger partial charge in [-0.15, -0.1) is 0 Å². The summed E-state index contributed by atoms with van der Waals surface area (Å²) in [6.45, 7) is 4.58. The molecule has 28 heavy (non-hydrogen) atoms. The summed E-state index contributed by atoms with van der Waals surface area (Å²) in [5.74, 6) is -0.558. The number of hydrogen-bond acceptors (Lipinski definition) is 5. The number of nitrogens with one attached hydrogen (secondary N) is 1. The number of carbonyl (C=O) groups excluding carboxylic acids is 1. The minimum absolute atomic E-state index is 0.000524. The first-order valence-corrected chi connectivity index (χ1v) is 9.05. The zero-order valence-corrected chi connectivity index (χ0v) is 16.6. The zero-order chi connectivity index (χ0) is 20.3. The second kappa shape index (κ2) is 8.27. The van der Waals surface area contributed by atoms with E-state index in [-0.39, 0.29) is 10.6 Å². The van der Waals surface area contributed by atoms with E-state index in [0.29, 0.717) is 17.9 Å². The smallest absolute Gasteiger partial charge is 0.340 e. The Morgan fingerprint density at radius 2 is 1.96 bits per heavy atom. The fraction of sp³-hybridized carbons (Fsp3) is 0.190. The van der Waals surface area contributed by atoms with Crippen molar-refractivity contribution in [3.63, 3.8) is 0 Å². The molecule has 0 bridgehead atoms. The van der Waals surface area contributed by atoms with Crippen LogP contribution in [0.2, 0.25) is 5.02 Å². The van der Waals surface area contributed by atoms with Crippen LogP contribution >= 0.6 is 11.6 Å². The molecule has 1 N–H and O–H groups in total. The van der Waals surface area contributed by atoms with Crippen molar-refractivity contribution in [1.29, 1.82) is 0 Å². The summed E-state index contributed by atoms with van der Waals surface area (Å²) in [6.07, 6.45) is 1.47. The number of methoxy groups -OCH3 is 1. The summed E-state index contributed by atoms with van der Waals surface area (Å²) in [5, 5.41) is 7.34. The fourth-order valence-corrected chi connectivity index (χ4v) is 3.10. The molecule has 0 saturated heterocycles. The summed E-state index contributed by atoms with van der Waals surface area (Å²) in [5.41, 5.74) is 3.88. The molecule has 0 aliphatic heterocycles. The van der Waals surface area contributed by atoms with Gasteiger partial charge in [-0.25, -0.2) is 4.79 Å². The van der Waals surface area contributed by atoms with Gasteiger partial charge in [0.25, 0.3) is 5.56 Å². The molecule has 3 rings (SSSR count). The summed E-state index contributed by atoms with van der Waals surface area (Å²) in [6, 6.07) is 12.7. The number of benzene rings is 2. The number of carbonyl (C=O) groups is 1. The highest BCUT2D eigenvalue weighted by molar-refractivity contribution is 6.32. The van der Waals surface area contributed by atoms with Crippen LogP contribution in [-0.4, -0.2) is 22.9 Å². The number of esters is 1. The zero-order valence-electron chi connectivity index (χ0n) is 15.8. The number of aryl methyl sites for hydroxylation is 2. The lowest BCUT2D eigenvalue weighted by molar-refractivity contribution is 0.0600. The van der Waals surface area contributed by atoms with Gasteiger partial charge < -0.3 is 10.1 Å². The highest BCUT2D eigenvalue weighted by Gasteiger charge is 2.17. The molecule has 0 radical (unpaired) electrons. The van der Waals surface area contributed by atoms with Crippen LogP contribution in [0.25, 0.3) is 5.69 Å². The molecule has 0 spiro atoms. The van der Waals surface area contributed by atoms with Gasteiger partial charge in [-0.3, -0.25) is 4.79 Å². The maximum absolute atomic E-state index is 12.8. The van der Waals surface area contributed by atoms with E-state index < -0.39 is 11.5 Å². The molecule has 0 unspecified atom stereocenters. The second-order valence-electron chi connectivity index (χ2n) is 6.38. The number of anilines is 1. The number of nitrogens with zero attached hydrogens (tertiary/aromatic N) is 2. The molecule has 0 atom stereocenters. The van der Waals surface area contributed by atoms with E-state index in [4.69, 9.17) is 16.3 Å². The van der Waals surface area contributed by atoms with E-state index in [9.17, 15) is 9.59 Å². The maximum Gasteiger partial charge on any atom is 0.340 e. The standard InChI is InChI=1S/C21H20ClN3O3/c1-13-8-9-15(14(2)10-13)11-23-17-12-24-25(20(26)19(17)22)18-7-5-4-6-16(18)21(27)28-3/h4-10,12,23H,11H2,1-3H3. The topological polar surface area (TPSA) is 73.2 Å². The maximum atomic E-state index is 12.8. The van der Waals surface area contributed by atoms with Crippen LogP contribution in [0.3, 0.4) is 0 Å². The summed E-state index contributed by atoms with van der Waals surface area (Å²) in [7, 11) is 1.28. The molecule has 0 saturated carbocycles. The van der Waals surface area contributed by atoms with E-state index in [0.717, 1.165) is 15.8 Å². The Balaban J connectivity index is 1.92. The minimum atomic E-state index is -0.558. The van der Waals surface area contributed by atoms with Crippen LogP contribution < -0.4 is 10.9 Å². The molecule has 0 aliphatic rings. The van der Waals surface area contributed by atoms with E-state index in [1.54, 1.807) is 24.3 Å². The molecule has 1 heterocycles. The predicted octanol–water partition coefficient (Wildman–Crippen LogP) is 3.90.